The zero-order chi connectivity index (χ0) is 22.0. The average molecular weight is 444 g/mol. The predicted octanol–water partition coefficient (Wildman–Crippen LogP) is 2.38. The number of ether oxygens (including phenoxy) is 1. The van der Waals surface area contributed by atoms with Gasteiger partial charge >= 0.3 is 0 Å². The van der Waals surface area contributed by atoms with E-state index in [0.29, 0.717) is 48.9 Å². The van der Waals surface area contributed by atoms with Crippen molar-refractivity contribution in [1.82, 2.24) is 14.1 Å². The Balaban J connectivity index is 1.55. The molecule has 10 heteroatoms. The van der Waals surface area contributed by atoms with Crippen molar-refractivity contribution in [2.75, 3.05) is 26.3 Å². The Kier molecular flexibility index (Phi) is 5.86. The number of rotatable bonds is 5. The molecule has 0 atom stereocenters. The van der Waals surface area contributed by atoms with E-state index in [0.717, 1.165) is 0 Å². The first-order valence-electron chi connectivity index (χ1n) is 9.66. The van der Waals surface area contributed by atoms with Crippen molar-refractivity contribution in [3.05, 3.63) is 76.0 Å². The number of benzene rings is 2. The third-order valence-corrected chi connectivity index (χ3v) is 6.90. The Labute approximate surface area is 178 Å². The van der Waals surface area contributed by atoms with Gasteiger partial charge in [-0.05, 0) is 55.5 Å². The van der Waals surface area contributed by atoms with Gasteiger partial charge in [-0.2, -0.15) is 4.31 Å². The number of aryl methyl sites for hydroxylation is 1. The summed E-state index contributed by atoms with van der Waals surface area (Å²) in [6.45, 7) is 3.16. The van der Waals surface area contributed by atoms with Crippen molar-refractivity contribution in [3.8, 4) is 5.69 Å². The van der Waals surface area contributed by atoms with Gasteiger partial charge in [0.2, 0.25) is 10.0 Å². The van der Waals surface area contributed by atoms with E-state index in [-0.39, 0.29) is 16.3 Å². The van der Waals surface area contributed by atoms with Crippen LogP contribution in [0.2, 0.25) is 0 Å². The van der Waals surface area contributed by atoms with Gasteiger partial charge < -0.3 is 4.74 Å². The average Bonchev–Trinajstić information content (AvgIpc) is 3.07. The molecule has 1 N–H and O–H groups in total. The summed E-state index contributed by atoms with van der Waals surface area (Å²) in [4.78, 5) is 17.2. The van der Waals surface area contributed by atoms with Gasteiger partial charge in [-0.15, -0.1) is 0 Å². The van der Waals surface area contributed by atoms with E-state index in [4.69, 9.17) is 4.74 Å². The normalized spacial score (nSPS) is 15.5. The lowest BCUT2D eigenvalue weighted by Crippen LogP contribution is -2.40. The number of hydrogen-bond donors (Lipinski definition) is 1. The molecule has 2 heterocycles. The lowest BCUT2D eigenvalue weighted by molar-refractivity contribution is 0.0730. The number of nitrogens with one attached hydrogen (secondary N) is 1. The van der Waals surface area contributed by atoms with Gasteiger partial charge in [-0.25, -0.2) is 17.5 Å². The fourth-order valence-electron chi connectivity index (χ4n) is 3.26. The highest BCUT2D eigenvalue weighted by Gasteiger charge is 2.26. The van der Waals surface area contributed by atoms with E-state index in [1.165, 1.54) is 51.6 Å². The smallest absolute Gasteiger partial charge is 0.280 e. The minimum absolute atomic E-state index is 0.185. The van der Waals surface area contributed by atoms with Crippen LogP contribution in [0.15, 0.2) is 63.2 Å². The van der Waals surface area contributed by atoms with Gasteiger partial charge in [0.05, 0.1) is 35.0 Å². The van der Waals surface area contributed by atoms with Crippen LogP contribution >= 0.6 is 0 Å². The van der Waals surface area contributed by atoms with Gasteiger partial charge in [0.25, 0.3) is 5.56 Å². The summed E-state index contributed by atoms with van der Waals surface area (Å²) in [5.41, 5.74) is 1.65. The van der Waals surface area contributed by atoms with Crippen LogP contribution in [0.4, 0.5) is 10.1 Å². The number of sulfonamides is 1. The monoisotopic (exact) mass is 444 g/mol. The SMILES string of the molecule is Cc1[nH]n(-c2ccc(F)cc2)c(=O)c1C=Nc1ccc(S(=O)(=O)N2CCOCC2)cc1. The number of H-pyrrole nitrogens is 1. The van der Waals surface area contributed by atoms with E-state index in [1.807, 2.05) is 0 Å². The molecule has 1 saturated heterocycles. The molecule has 31 heavy (non-hydrogen) atoms. The van der Waals surface area contributed by atoms with Crippen molar-refractivity contribution >= 4 is 21.9 Å². The van der Waals surface area contributed by atoms with Crippen LogP contribution in [0.1, 0.15) is 11.3 Å². The van der Waals surface area contributed by atoms with Gasteiger partial charge in [-0.3, -0.25) is 14.9 Å². The maximum absolute atomic E-state index is 13.1. The Hall–Kier alpha value is -3.08. The molecule has 0 unspecified atom stereocenters. The Morgan fingerprint density at radius 2 is 1.71 bits per heavy atom. The van der Waals surface area contributed by atoms with Crippen LogP contribution in [-0.4, -0.2) is 55.0 Å². The second-order valence-electron chi connectivity index (χ2n) is 7.04. The maximum Gasteiger partial charge on any atom is 0.280 e. The van der Waals surface area contributed by atoms with Crippen LogP contribution in [0.3, 0.4) is 0 Å². The molecule has 162 valence electrons. The lowest BCUT2D eigenvalue weighted by Gasteiger charge is -2.26. The molecule has 0 bridgehead atoms. The molecule has 8 nitrogen and oxygen atoms in total. The Bertz CT molecular complexity index is 1260. The van der Waals surface area contributed by atoms with Crippen molar-refractivity contribution < 1.29 is 17.5 Å². The third-order valence-electron chi connectivity index (χ3n) is 4.99. The third kappa shape index (κ3) is 4.36. The number of aromatic amines is 1. The minimum atomic E-state index is -3.57. The van der Waals surface area contributed by atoms with E-state index in [2.05, 4.69) is 10.1 Å². The quantitative estimate of drug-likeness (QED) is 0.611. The zero-order valence-corrected chi connectivity index (χ0v) is 17.6. The van der Waals surface area contributed by atoms with Gasteiger partial charge in [-0.1, -0.05) is 0 Å². The van der Waals surface area contributed by atoms with Crippen molar-refractivity contribution in [3.63, 3.8) is 0 Å². The summed E-state index contributed by atoms with van der Waals surface area (Å²) in [5, 5.41) is 2.95. The molecule has 2 aromatic carbocycles. The van der Waals surface area contributed by atoms with Crippen LogP contribution in [0, 0.1) is 12.7 Å². The topological polar surface area (TPSA) is 96.8 Å². The van der Waals surface area contributed by atoms with Crippen LogP contribution in [0.25, 0.3) is 5.69 Å². The first-order valence-corrected chi connectivity index (χ1v) is 11.1. The molecule has 4 rings (SSSR count). The second-order valence-corrected chi connectivity index (χ2v) is 8.97. The van der Waals surface area contributed by atoms with Crippen LogP contribution < -0.4 is 5.56 Å². The van der Waals surface area contributed by atoms with Crippen molar-refractivity contribution in [2.45, 2.75) is 11.8 Å². The second kappa shape index (κ2) is 8.58. The molecule has 1 aromatic heterocycles. The standard InChI is InChI=1S/C21H21FN4O4S/c1-15-20(21(27)26(24-15)18-6-2-16(22)3-7-18)14-23-17-4-8-19(9-5-17)31(28,29)25-10-12-30-13-11-25/h2-9,14,24H,10-13H2,1H3. The summed E-state index contributed by atoms with van der Waals surface area (Å²) in [5.74, 6) is -0.388. The molecular formula is C21H21FN4O4S. The summed E-state index contributed by atoms with van der Waals surface area (Å²) >= 11 is 0. The van der Waals surface area contributed by atoms with E-state index < -0.39 is 10.0 Å². The first-order chi connectivity index (χ1) is 14.9. The molecule has 1 aliphatic rings. The van der Waals surface area contributed by atoms with E-state index >= 15 is 0 Å². The molecule has 1 aliphatic heterocycles. The van der Waals surface area contributed by atoms with Gasteiger partial charge in [0.1, 0.15) is 5.82 Å². The van der Waals surface area contributed by atoms with Gasteiger partial charge in [0.15, 0.2) is 0 Å². The fraction of sp³-hybridized carbons (Fsp3) is 0.238. The first kappa shape index (κ1) is 21.2. The van der Waals surface area contributed by atoms with Gasteiger partial charge in [0, 0.05) is 25.0 Å². The molecule has 0 saturated carbocycles. The summed E-state index contributed by atoms with van der Waals surface area (Å²) in [6.07, 6.45) is 1.43. The Morgan fingerprint density at radius 1 is 1.06 bits per heavy atom. The molecule has 1 fully saturated rings. The van der Waals surface area contributed by atoms with Crippen LogP contribution in [-0.2, 0) is 14.8 Å². The summed E-state index contributed by atoms with van der Waals surface area (Å²) in [6, 6.07) is 11.7. The highest BCUT2D eigenvalue weighted by molar-refractivity contribution is 7.89. The van der Waals surface area contributed by atoms with Crippen molar-refractivity contribution in [1.29, 1.82) is 0 Å². The number of morpholine rings is 1. The number of nitrogens with zero attached hydrogens (tertiary/aromatic N) is 3. The van der Waals surface area contributed by atoms with E-state index in [1.54, 1.807) is 19.1 Å². The minimum Gasteiger partial charge on any atom is -0.379 e. The zero-order valence-electron chi connectivity index (χ0n) is 16.8. The number of halogens is 1. The highest BCUT2D eigenvalue weighted by Crippen LogP contribution is 2.21. The molecular weight excluding hydrogens is 423 g/mol. The highest BCUT2D eigenvalue weighted by atomic mass is 32.2. The number of aromatic nitrogens is 2. The van der Waals surface area contributed by atoms with Crippen LogP contribution in [0.5, 0.6) is 0 Å². The van der Waals surface area contributed by atoms with Crippen molar-refractivity contribution in [2.24, 2.45) is 4.99 Å². The fourth-order valence-corrected chi connectivity index (χ4v) is 4.67. The maximum atomic E-state index is 13.1. The predicted molar refractivity (Wildman–Crippen MR) is 114 cm³/mol. The number of hydrogen-bond acceptors (Lipinski definition) is 5. The molecule has 0 radical (unpaired) electrons. The molecule has 3 aromatic rings. The molecule has 0 spiro atoms. The summed E-state index contributed by atoms with van der Waals surface area (Å²) < 4.78 is 46.4. The largest absolute Gasteiger partial charge is 0.379 e. The summed E-state index contributed by atoms with van der Waals surface area (Å²) in [7, 11) is -3.57. The number of aliphatic imine (C=N–C) groups is 1. The lowest BCUT2D eigenvalue weighted by atomic mass is 10.2. The Morgan fingerprint density at radius 3 is 2.35 bits per heavy atom. The molecule has 0 amide bonds. The van der Waals surface area contributed by atoms with E-state index in [9.17, 15) is 17.6 Å². The molecule has 0 aliphatic carbocycles.